The Hall–Kier alpha value is -2.76. The molecule has 0 aliphatic carbocycles. The van der Waals surface area contributed by atoms with Gasteiger partial charge in [0.05, 0.1) is 11.3 Å². The number of aromatic nitrogens is 1. The number of benzene rings is 1. The van der Waals surface area contributed by atoms with Crippen molar-refractivity contribution < 1.29 is 18.3 Å². The highest BCUT2D eigenvalue weighted by atomic mass is 19.4. The van der Waals surface area contributed by atoms with Gasteiger partial charge in [0.15, 0.2) is 5.43 Å². The largest absolute Gasteiger partial charge is 0.507 e. The van der Waals surface area contributed by atoms with Gasteiger partial charge in [0.1, 0.15) is 5.75 Å². The zero-order valence-electron chi connectivity index (χ0n) is 11.4. The van der Waals surface area contributed by atoms with Crippen LogP contribution in [0, 0.1) is 0 Å². The normalized spacial score (nSPS) is 11.2. The van der Waals surface area contributed by atoms with Crippen molar-refractivity contribution in [2.24, 2.45) is 0 Å². The molecule has 0 aliphatic rings. The molecule has 0 fully saturated rings. The summed E-state index contributed by atoms with van der Waals surface area (Å²) in [6.07, 6.45) is -1.81. The number of halogens is 3. The lowest BCUT2D eigenvalue weighted by Gasteiger charge is -2.11. The average Bonchev–Trinajstić information content (AvgIpc) is 2.45. The van der Waals surface area contributed by atoms with Crippen molar-refractivity contribution in [3.63, 3.8) is 0 Å². The summed E-state index contributed by atoms with van der Waals surface area (Å²) >= 11 is 0. The van der Waals surface area contributed by atoms with E-state index in [0.29, 0.717) is 17.3 Å². The lowest BCUT2D eigenvalue weighted by atomic mass is 10.0. The SMILES string of the molecule is C=Cc1[nH]c(-c2ccc(C(F)(F)F)cc2O)cc(=O)c1C=C. The van der Waals surface area contributed by atoms with Gasteiger partial charge in [0.2, 0.25) is 0 Å². The van der Waals surface area contributed by atoms with Crippen molar-refractivity contribution in [2.75, 3.05) is 0 Å². The summed E-state index contributed by atoms with van der Waals surface area (Å²) in [5, 5.41) is 9.82. The van der Waals surface area contributed by atoms with Crippen LogP contribution < -0.4 is 5.43 Å². The van der Waals surface area contributed by atoms with E-state index in [1.807, 2.05) is 0 Å². The second-order valence-electron chi connectivity index (χ2n) is 4.51. The number of hydrogen-bond donors (Lipinski definition) is 2. The molecule has 2 N–H and O–H groups in total. The molecule has 114 valence electrons. The number of phenols is 1. The van der Waals surface area contributed by atoms with Gasteiger partial charge in [-0.15, -0.1) is 0 Å². The van der Waals surface area contributed by atoms with Crippen LogP contribution >= 0.6 is 0 Å². The molecule has 3 nitrogen and oxygen atoms in total. The van der Waals surface area contributed by atoms with Crippen LogP contribution in [-0.4, -0.2) is 10.1 Å². The first-order valence-electron chi connectivity index (χ1n) is 6.20. The summed E-state index contributed by atoms with van der Waals surface area (Å²) < 4.78 is 37.8. The fourth-order valence-corrected chi connectivity index (χ4v) is 2.04. The topological polar surface area (TPSA) is 53.1 Å². The molecule has 1 heterocycles. The molecular formula is C16H12F3NO2. The van der Waals surface area contributed by atoms with E-state index in [9.17, 15) is 23.1 Å². The van der Waals surface area contributed by atoms with Crippen molar-refractivity contribution >= 4 is 12.2 Å². The third kappa shape index (κ3) is 2.81. The van der Waals surface area contributed by atoms with Gasteiger partial charge in [-0.05, 0) is 24.3 Å². The number of aromatic amines is 1. The lowest BCUT2D eigenvalue weighted by molar-refractivity contribution is -0.137. The van der Waals surface area contributed by atoms with E-state index < -0.39 is 17.5 Å². The van der Waals surface area contributed by atoms with Gasteiger partial charge in [0.25, 0.3) is 0 Å². The minimum atomic E-state index is -4.55. The van der Waals surface area contributed by atoms with Crippen LogP contribution in [0.2, 0.25) is 0 Å². The van der Waals surface area contributed by atoms with E-state index in [1.165, 1.54) is 18.2 Å². The average molecular weight is 307 g/mol. The monoisotopic (exact) mass is 307 g/mol. The molecule has 0 bridgehead atoms. The minimum Gasteiger partial charge on any atom is -0.507 e. The van der Waals surface area contributed by atoms with Crippen LogP contribution in [0.3, 0.4) is 0 Å². The van der Waals surface area contributed by atoms with E-state index >= 15 is 0 Å². The molecule has 0 atom stereocenters. The van der Waals surface area contributed by atoms with E-state index in [4.69, 9.17) is 0 Å². The molecule has 6 heteroatoms. The standard InChI is InChI=1S/C16H12F3NO2/c1-3-10-12(4-2)20-13(8-15(10)22)11-6-5-9(7-14(11)21)16(17,18)19/h3-8,21H,1-2H2,(H,20,22). The van der Waals surface area contributed by atoms with E-state index in [0.717, 1.165) is 12.1 Å². The van der Waals surface area contributed by atoms with E-state index in [-0.39, 0.29) is 16.7 Å². The maximum absolute atomic E-state index is 12.6. The second kappa shape index (κ2) is 5.55. The number of alkyl halides is 3. The van der Waals surface area contributed by atoms with Crippen molar-refractivity contribution in [1.82, 2.24) is 4.98 Å². The van der Waals surface area contributed by atoms with Crippen LogP contribution in [-0.2, 0) is 6.18 Å². The van der Waals surface area contributed by atoms with Gasteiger partial charge < -0.3 is 10.1 Å². The Balaban J connectivity index is 2.63. The molecule has 2 aromatic rings. The maximum Gasteiger partial charge on any atom is 0.416 e. The summed E-state index contributed by atoms with van der Waals surface area (Å²) in [7, 11) is 0. The van der Waals surface area contributed by atoms with Crippen LogP contribution in [0.15, 0.2) is 42.2 Å². The maximum atomic E-state index is 12.6. The van der Waals surface area contributed by atoms with Crippen LogP contribution in [0.1, 0.15) is 16.8 Å². The first-order chi connectivity index (χ1) is 10.3. The van der Waals surface area contributed by atoms with E-state index in [2.05, 4.69) is 18.1 Å². The predicted octanol–water partition coefficient (Wildman–Crippen LogP) is 4.05. The van der Waals surface area contributed by atoms with Gasteiger partial charge in [-0.1, -0.05) is 19.2 Å². The number of nitrogens with one attached hydrogen (secondary N) is 1. The summed E-state index contributed by atoms with van der Waals surface area (Å²) in [5.41, 5.74) is -0.400. The van der Waals surface area contributed by atoms with Crippen LogP contribution in [0.4, 0.5) is 13.2 Å². The smallest absolute Gasteiger partial charge is 0.416 e. The Morgan fingerprint density at radius 3 is 2.32 bits per heavy atom. The fraction of sp³-hybridized carbons (Fsp3) is 0.0625. The molecule has 0 radical (unpaired) electrons. The van der Waals surface area contributed by atoms with Gasteiger partial charge >= 0.3 is 6.18 Å². The van der Waals surface area contributed by atoms with Crippen molar-refractivity contribution in [1.29, 1.82) is 0 Å². The first kappa shape index (κ1) is 15.6. The Labute approximate surface area is 124 Å². The second-order valence-corrected chi connectivity index (χ2v) is 4.51. The van der Waals surface area contributed by atoms with Crippen LogP contribution in [0.5, 0.6) is 5.75 Å². The minimum absolute atomic E-state index is 0.0869. The molecule has 1 aromatic heterocycles. The van der Waals surface area contributed by atoms with Crippen LogP contribution in [0.25, 0.3) is 23.4 Å². The fourth-order valence-electron chi connectivity index (χ4n) is 2.04. The number of hydrogen-bond acceptors (Lipinski definition) is 2. The molecule has 0 amide bonds. The third-order valence-electron chi connectivity index (χ3n) is 3.12. The highest BCUT2D eigenvalue weighted by Crippen LogP contribution is 2.35. The Kier molecular flexibility index (Phi) is 3.95. The number of aromatic hydroxyl groups is 1. The quantitative estimate of drug-likeness (QED) is 0.898. The van der Waals surface area contributed by atoms with Gasteiger partial charge in [-0.3, -0.25) is 4.79 Å². The molecule has 2 rings (SSSR count). The highest BCUT2D eigenvalue weighted by Gasteiger charge is 2.31. The number of rotatable bonds is 3. The molecular weight excluding hydrogens is 295 g/mol. The summed E-state index contributed by atoms with van der Waals surface area (Å²) in [4.78, 5) is 14.8. The zero-order chi connectivity index (χ0) is 16.5. The predicted molar refractivity (Wildman–Crippen MR) is 79.3 cm³/mol. The first-order valence-corrected chi connectivity index (χ1v) is 6.20. The highest BCUT2D eigenvalue weighted by molar-refractivity contribution is 5.71. The molecule has 0 spiro atoms. The van der Waals surface area contributed by atoms with Crippen molar-refractivity contribution in [3.05, 3.63) is 64.5 Å². The third-order valence-corrected chi connectivity index (χ3v) is 3.12. The Morgan fingerprint density at radius 2 is 1.82 bits per heavy atom. The summed E-state index contributed by atoms with van der Waals surface area (Å²) in [5.74, 6) is -0.577. The number of H-pyrrole nitrogens is 1. The summed E-state index contributed by atoms with van der Waals surface area (Å²) in [6.45, 7) is 7.07. The molecule has 0 saturated heterocycles. The molecule has 0 unspecified atom stereocenters. The number of pyridine rings is 1. The van der Waals surface area contributed by atoms with Crippen molar-refractivity contribution in [2.45, 2.75) is 6.18 Å². The van der Waals surface area contributed by atoms with Crippen molar-refractivity contribution in [3.8, 4) is 17.0 Å². The van der Waals surface area contributed by atoms with Gasteiger partial charge in [0, 0.05) is 22.9 Å². The zero-order valence-corrected chi connectivity index (χ0v) is 11.4. The molecule has 1 aromatic carbocycles. The van der Waals surface area contributed by atoms with E-state index in [1.54, 1.807) is 0 Å². The lowest BCUT2D eigenvalue weighted by Crippen LogP contribution is -2.09. The number of phenolic OH excluding ortho intramolecular Hbond substituents is 1. The Morgan fingerprint density at radius 1 is 1.14 bits per heavy atom. The molecule has 22 heavy (non-hydrogen) atoms. The summed E-state index contributed by atoms with van der Waals surface area (Å²) in [6, 6.07) is 3.74. The molecule has 0 saturated carbocycles. The molecule has 0 aliphatic heterocycles. The van der Waals surface area contributed by atoms with Gasteiger partial charge in [-0.25, -0.2) is 0 Å². The Bertz CT molecular complexity index is 804. The van der Waals surface area contributed by atoms with Gasteiger partial charge in [-0.2, -0.15) is 13.2 Å².